The highest BCUT2D eigenvalue weighted by molar-refractivity contribution is 5.83. The van der Waals surface area contributed by atoms with E-state index in [1.165, 1.54) is 6.07 Å². The minimum absolute atomic E-state index is 0.0994. The van der Waals surface area contributed by atoms with E-state index in [1.807, 2.05) is 65.8 Å². The number of alkyl halides is 1. The van der Waals surface area contributed by atoms with Crippen molar-refractivity contribution in [1.29, 1.82) is 0 Å². The first-order chi connectivity index (χ1) is 20.4. The first kappa shape index (κ1) is 36.2. The lowest BCUT2D eigenvalue weighted by molar-refractivity contribution is -0.136. The van der Waals surface area contributed by atoms with Crippen molar-refractivity contribution in [2.75, 3.05) is 0 Å². The van der Waals surface area contributed by atoms with Gasteiger partial charge in [-0.15, -0.1) is 0 Å². The normalized spacial score (nSPS) is 16.6. The summed E-state index contributed by atoms with van der Waals surface area (Å²) in [5, 5.41) is 9.39. The summed E-state index contributed by atoms with van der Waals surface area (Å²) in [6, 6.07) is 10.7. The molecule has 0 bridgehead atoms. The Morgan fingerprint density at radius 3 is 2.14 bits per heavy atom. The third-order valence-corrected chi connectivity index (χ3v) is 8.69. The van der Waals surface area contributed by atoms with Crippen molar-refractivity contribution in [2.45, 2.75) is 136 Å². The highest BCUT2D eigenvalue weighted by Gasteiger charge is 2.40. The molecule has 4 rings (SSSR count). The summed E-state index contributed by atoms with van der Waals surface area (Å²) in [6.45, 7) is 11.8. The highest BCUT2D eigenvalue weighted by Crippen LogP contribution is 2.46. The number of benzene rings is 2. The van der Waals surface area contributed by atoms with E-state index >= 15 is 0 Å². The molecule has 1 atom stereocenters. The van der Waals surface area contributed by atoms with Crippen LogP contribution in [0.4, 0.5) is 8.78 Å². The van der Waals surface area contributed by atoms with Gasteiger partial charge in [0.2, 0.25) is 0 Å². The summed E-state index contributed by atoms with van der Waals surface area (Å²) in [7, 11) is 0. The molecule has 2 aliphatic carbocycles. The molecule has 0 aliphatic heterocycles. The van der Waals surface area contributed by atoms with Gasteiger partial charge in [-0.2, -0.15) is 0 Å². The van der Waals surface area contributed by atoms with Crippen molar-refractivity contribution in [2.24, 2.45) is 11.1 Å². The summed E-state index contributed by atoms with van der Waals surface area (Å²) in [5.41, 5.74) is 6.07. The number of carbonyl (C=O) groups is 2. The van der Waals surface area contributed by atoms with E-state index in [0.29, 0.717) is 17.7 Å². The summed E-state index contributed by atoms with van der Waals surface area (Å²) < 4.78 is 35.2. The standard InChI is InChI=1S/C23H25FO3.C11H22FNO.C2H6/c24-19-12-5-11-18(22(19)15-6-3-7-15)23-16(14-21(25)26)8-4-13-20(23)27-17-9-1-2-10-17;1-5-7-11(12,9(13)14)8-10(3,4)6-2;1-2/h4-5,8,11-13,15,17H,1-3,6-7,9-10,14H2,(H,25,26);5-8H2,1-4H3,(H2,13,14);1-2H3. The molecule has 2 aromatic carbocycles. The number of halogens is 2. The van der Waals surface area contributed by atoms with Gasteiger partial charge in [0.1, 0.15) is 11.6 Å². The Hall–Kier alpha value is -2.96. The molecule has 1 unspecified atom stereocenters. The molecular formula is C36H53F2NO4. The number of aliphatic carboxylic acids is 1. The Balaban J connectivity index is 0.000000344. The summed E-state index contributed by atoms with van der Waals surface area (Å²) in [5.74, 6) is -1.02. The zero-order valence-electron chi connectivity index (χ0n) is 27.1. The van der Waals surface area contributed by atoms with E-state index in [9.17, 15) is 23.5 Å². The zero-order valence-corrected chi connectivity index (χ0v) is 27.1. The Morgan fingerprint density at radius 1 is 1.00 bits per heavy atom. The lowest BCUT2D eigenvalue weighted by atomic mass is 9.76. The number of amides is 1. The van der Waals surface area contributed by atoms with Crippen LogP contribution >= 0.6 is 0 Å². The number of carbonyl (C=O) groups excluding carboxylic acids is 1. The smallest absolute Gasteiger partial charge is 0.307 e. The Bertz CT molecular complexity index is 1190. The largest absolute Gasteiger partial charge is 0.490 e. The average Bonchev–Trinajstić information content (AvgIpc) is 3.43. The predicted octanol–water partition coefficient (Wildman–Crippen LogP) is 9.54. The van der Waals surface area contributed by atoms with Crippen LogP contribution in [-0.2, 0) is 16.0 Å². The third kappa shape index (κ3) is 10.0. The lowest BCUT2D eigenvalue weighted by Gasteiger charge is -2.31. The van der Waals surface area contributed by atoms with Crippen LogP contribution in [-0.4, -0.2) is 28.8 Å². The van der Waals surface area contributed by atoms with Gasteiger partial charge in [0, 0.05) is 5.56 Å². The maximum Gasteiger partial charge on any atom is 0.307 e. The van der Waals surface area contributed by atoms with E-state index in [-0.39, 0.29) is 42.5 Å². The number of carboxylic acids is 1. The molecule has 0 heterocycles. The van der Waals surface area contributed by atoms with Crippen LogP contribution in [0.5, 0.6) is 5.75 Å². The maximum atomic E-state index is 14.8. The van der Waals surface area contributed by atoms with Gasteiger partial charge < -0.3 is 15.6 Å². The molecule has 0 spiro atoms. The second-order valence-electron chi connectivity index (χ2n) is 12.5. The van der Waals surface area contributed by atoms with Crippen molar-refractivity contribution in [3.8, 4) is 16.9 Å². The number of carboxylic acid groups (broad SMARTS) is 1. The van der Waals surface area contributed by atoms with E-state index in [1.54, 1.807) is 6.07 Å². The van der Waals surface area contributed by atoms with Gasteiger partial charge in [-0.1, -0.05) is 85.1 Å². The van der Waals surface area contributed by atoms with Gasteiger partial charge in [-0.25, -0.2) is 8.78 Å². The van der Waals surface area contributed by atoms with E-state index in [2.05, 4.69) is 0 Å². The van der Waals surface area contributed by atoms with Gasteiger partial charge in [-0.3, -0.25) is 9.59 Å². The second kappa shape index (κ2) is 16.8. The first-order valence-electron chi connectivity index (χ1n) is 16.2. The fourth-order valence-corrected chi connectivity index (χ4v) is 5.92. The molecule has 0 aromatic heterocycles. The molecule has 2 fully saturated rings. The minimum Gasteiger partial charge on any atom is -0.490 e. The summed E-state index contributed by atoms with van der Waals surface area (Å²) >= 11 is 0. The van der Waals surface area contributed by atoms with Crippen LogP contribution in [0, 0.1) is 11.2 Å². The van der Waals surface area contributed by atoms with E-state index < -0.39 is 17.5 Å². The van der Waals surface area contributed by atoms with E-state index in [4.69, 9.17) is 10.5 Å². The molecule has 0 saturated heterocycles. The Labute approximate surface area is 257 Å². The van der Waals surface area contributed by atoms with Crippen molar-refractivity contribution >= 4 is 11.9 Å². The van der Waals surface area contributed by atoms with Gasteiger partial charge in [-0.05, 0) is 91.5 Å². The molecule has 0 radical (unpaired) electrons. The van der Waals surface area contributed by atoms with Crippen molar-refractivity contribution < 1.29 is 28.2 Å². The molecule has 7 heteroatoms. The van der Waals surface area contributed by atoms with Gasteiger partial charge in [0.25, 0.3) is 5.91 Å². The van der Waals surface area contributed by atoms with Crippen LogP contribution in [0.2, 0.25) is 0 Å². The molecule has 2 aromatic rings. The van der Waals surface area contributed by atoms with E-state index in [0.717, 1.165) is 68.1 Å². The third-order valence-electron chi connectivity index (χ3n) is 8.69. The molecule has 5 nitrogen and oxygen atoms in total. The molecule has 1 amide bonds. The lowest BCUT2D eigenvalue weighted by Crippen LogP contribution is -2.43. The fraction of sp³-hybridized carbons (Fsp3) is 0.611. The number of nitrogens with two attached hydrogens (primary N) is 1. The molecular weight excluding hydrogens is 548 g/mol. The Kier molecular flexibility index (Phi) is 14.1. The predicted molar refractivity (Wildman–Crippen MR) is 171 cm³/mol. The SMILES string of the molecule is CC.CCCC(F)(CC(C)(C)CC)C(N)=O.O=C(O)Cc1cccc(OC2CCCC2)c1-c1cccc(F)c1C1CCC1. The minimum atomic E-state index is -1.83. The topological polar surface area (TPSA) is 89.6 Å². The van der Waals surface area contributed by atoms with Crippen LogP contribution in [0.3, 0.4) is 0 Å². The Morgan fingerprint density at radius 2 is 1.63 bits per heavy atom. The number of ether oxygens (including phenoxy) is 1. The fourth-order valence-electron chi connectivity index (χ4n) is 5.92. The number of hydrogen-bond acceptors (Lipinski definition) is 3. The van der Waals surface area contributed by atoms with Crippen LogP contribution < -0.4 is 10.5 Å². The van der Waals surface area contributed by atoms with Crippen LogP contribution in [0.1, 0.15) is 129 Å². The molecule has 240 valence electrons. The first-order valence-corrected chi connectivity index (χ1v) is 16.2. The van der Waals surface area contributed by atoms with Gasteiger partial charge in [0.05, 0.1) is 12.5 Å². The van der Waals surface area contributed by atoms with Crippen molar-refractivity contribution in [1.82, 2.24) is 0 Å². The number of primary amides is 1. The summed E-state index contributed by atoms with van der Waals surface area (Å²) in [6.07, 6.45) is 9.40. The second-order valence-corrected chi connectivity index (χ2v) is 12.5. The van der Waals surface area contributed by atoms with Crippen LogP contribution in [0.25, 0.3) is 11.1 Å². The molecule has 3 N–H and O–H groups in total. The van der Waals surface area contributed by atoms with Crippen LogP contribution in [0.15, 0.2) is 36.4 Å². The highest BCUT2D eigenvalue weighted by atomic mass is 19.1. The number of hydrogen-bond donors (Lipinski definition) is 2. The van der Waals surface area contributed by atoms with Crippen molar-refractivity contribution in [3.05, 3.63) is 53.3 Å². The average molecular weight is 602 g/mol. The maximum absolute atomic E-state index is 14.8. The zero-order chi connectivity index (χ0) is 32.2. The monoisotopic (exact) mass is 601 g/mol. The quantitative estimate of drug-likeness (QED) is 0.253. The van der Waals surface area contributed by atoms with Gasteiger partial charge >= 0.3 is 5.97 Å². The number of rotatable bonds is 12. The molecule has 2 aliphatic rings. The molecule has 2 saturated carbocycles. The van der Waals surface area contributed by atoms with Crippen molar-refractivity contribution in [3.63, 3.8) is 0 Å². The van der Waals surface area contributed by atoms with Gasteiger partial charge in [0.15, 0.2) is 5.67 Å². The summed E-state index contributed by atoms with van der Waals surface area (Å²) in [4.78, 5) is 22.5. The molecule has 43 heavy (non-hydrogen) atoms.